The molecule has 0 radical (unpaired) electrons. The number of thiazole rings is 1. The van der Waals surface area contributed by atoms with E-state index < -0.39 is 0 Å². The maximum Gasteiger partial charge on any atom is 0.233 e. The van der Waals surface area contributed by atoms with Crippen molar-refractivity contribution in [2.45, 2.75) is 19.8 Å². The first-order valence-corrected chi connectivity index (χ1v) is 9.22. The van der Waals surface area contributed by atoms with Crippen LogP contribution in [0.15, 0.2) is 54.2 Å². The van der Waals surface area contributed by atoms with E-state index in [9.17, 15) is 4.79 Å². The molecule has 0 saturated heterocycles. The molecule has 6 heteroatoms. The van der Waals surface area contributed by atoms with Gasteiger partial charge in [0.2, 0.25) is 5.91 Å². The highest BCUT2D eigenvalue weighted by atomic mass is 35.5. The van der Waals surface area contributed by atoms with Gasteiger partial charge in [-0.3, -0.25) is 9.78 Å². The Labute approximate surface area is 155 Å². The lowest BCUT2D eigenvalue weighted by molar-refractivity contribution is -0.118. The zero-order valence-electron chi connectivity index (χ0n) is 13.9. The van der Waals surface area contributed by atoms with Gasteiger partial charge in [0.05, 0.1) is 11.6 Å². The van der Waals surface area contributed by atoms with Crippen molar-refractivity contribution in [3.8, 4) is 11.3 Å². The number of aromatic nitrogens is 2. The number of nitrogens with one attached hydrogen (secondary N) is 1. The molecule has 1 amide bonds. The highest BCUT2D eigenvalue weighted by Crippen LogP contribution is 2.29. The lowest BCUT2D eigenvalue weighted by Gasteiger charge is -2.20. The number of hydrogen-bond donors (Lipinski definition) is 1. The van der Waals surface area contributed by atoms with Crippen molar-refractivity contribution in [2.24, 2.45) is 5.92 Å². The molecule has 3 rings (SSSR count). The summed E-state index contributed by atoms with van der Waals surface area (Å²) in [4.78, 5) is 21.4. The summed E-state index contributed by atoms with van der Waals surface area (Å²) in [6.07, 6.45) is 3.48. The molecule has 2 aromatic heterocycles. The molecule has 0 aliphatic rings. The predicted molar refractivity (Wildman–Crippen MR) is 103 cm³/mol. The van der Waals surface area contributed by atoms with Crippen LogP contribution < -0.4 is 5.32 Å². The number of carbonyl (C=O) groups excluding carboxylic acids is 1. The number of rotatable bonds is 5. The number of hydrogen-bond acceptors (Lipinski definition) is 4. The fraction of sp³-hybridized carbons (Fsp3) is 0.211. The first kappa shape index (κ1) is 17.6. The maximum atomic E-state index is 12.8. The van der Waals surface area contributed by atoms with Gasteiger partial charge in [0.1, 0.15) is 0 Å². The van der Waals surface area contributed by atoms with Gasteiger partial charge in [0.15, 0.2) is 5.13 Å². The Morgan fingerprint density at radius 3 is 2.60 bits per heavy atom. The van der Waals surface area contributed by atoms with Crippen molar-refractivity contribution in [1.29, 1.82) is 0 Å². The summed E-state index contributed by atoms with van der Waals surface area (Å²) in [7, 11) is 0. The van der Waals surface area contributed by atoms with Crippen LogP contribution in [-0.2, 0) is 4.79 Å². The van der Waals surface area contributed by atoms with Crippen LogP contribution in [0.25, 0.3) is 11.3 Å². The van der Waals surface area contributed by atoms with E-state index in [1.165, 1.54) is 11.3 Å². The molecule has 0 saturated carbocycles. The number of pyridine rings is 1. The average molecular weight is 372 g/mol. The Hall–Kier alpha value is -2.24. The van der Waals surface area contributed by atoms with Crippen LogP contribution in [0.1, 0.15) is 25.3 Å². The van der Waals surface area contributed by atoms with E-state index in [1.54, 1.807) is 12.4 Å². The Balaban J connectivity index is 1.78. The molecule has 0 unspecified atom stereocenters. The topological polar surface area (TPSA) is 54.9 Å². The second kappa shape index (κ2) is 7.76. The van der Waals surface area contributed by atoms with E-state index in [2.05, 4.69) is 15.3 Å². The van der Waals surface area contributed by atoms with Gasteiger partial charge in [-0.05, 0) is 35.7 Å². The van der Waals surface area contributed by atoms with Crippen molar-refractivity contribution >= 4 is 34.0 Å². The van der Waals surface area contributed by atoms with Crippen LogP contribution in [0.5, 0.6) is 0 Å². The second-order valence-corrected chi connectivity index (χ2v) is 7.34. The molecular formula is C19H18ClN3OS. The Bertz CT molecular complexity index is 847. The third-order valence-electron chi connectivity index (χ3n) is 3.87. The molecule has 128 valence electrons. The molecule has 0 bridgehead atoms. The number of anilines is 1. The van der Waals surface area contributed by atoms with E-state index in [1.807, 2.05) is 55.6 Å². The van der Waals surface area contributed by atoms with Crippen LogP contribution in [0.2, 0.25) is 5.02 Å². The number of halogens is 1. The number of amides is 1. The van der Waals surface area contributed by atoms with Gasteiger partial charge >= 0.3 is 0 Å². The SMILES string of the molecule is CC(C)[C@@H](C(=O)Nc1nc(-c2cccnc2)cs1)c1ccc(Cl)cc1. The molecule has 1 N–H and O–H groups in total. The number of carbonyl (C=O) groups is 1. The number of nitrogens with zero attached hydrogens (tertiary/aromatic N) is 2. The average Bonchev–Trinajstić information content (AvgIpc) is 3.06. The van der Waals surface area contributed by atoms with Crippen LogP contribution in [0.4, 0.5) is 5.13 Å². The summed E-state index contributed by atoms with van der Waals surface area (Å²) >= 11 is 7.36. The summed E-state index contributed by atoms with van der Waals surface area (Å²) < 4.78 is 0. The van der Waals surface area contributed by atoms with Gasteiger partial charge in [-0.15, -0.1) is 11.3 Å². The highest BCUT2D eigenvalue weighted by molar-refractivity contribution is 7.14. The lowest BCUT2D eigenvalue weighted by atomic mass is 9.88. The smallest absolute Gasteiger partial charge is 0.233 e. The maximum absolute atomic E-state index is 12.8. The third-order valence-corrected chi connectivity index (χ3v) is 4.88. The minimum Gasteiger partial charge on any atom is -0.301 e. The van der Waals surface area contributed by atoms with Gasteiger partial charge in [0, 0.05) is 28.4 Å². The molecule has 1 atom stereocenters. The molecule has 2 heterocycles. The molecule has 3 aromatic rings. The summed E-state index contributed by atoms with van der Waals surface area (Å²) in [5.41, 5.74) is 2.68. The normalized spacial score (nSPS) is 12.2. The fourth-order valence-corrected chi connectivity index (χ4v) is 3.52. The van der Waals surface area contributed by atoms with E-state index in [0.717, 1.165) is 16.8 Å². The molecule has 0 aliphatic carbocycles. The van der Waals surface area contributed by atoms with E-state index >= 15 is 0 Å². The van der Waals surface area contributed by atoms with Crippen LogP contribution in [-0.4, -0.2) is 15.9 Å². The highest BCUT2D eigenvalue weighted by Gasteiger charge is 2.25. The molecule has 4 nitrogen and oxygen atoms in total. The van der Waals surface area contributed by atoms with E-state index in [0.29, 0.717) is 10.2 Å². The zero-order valence-corrected chi connectivity index (χ0v) is 15.5. The zero-order chi connectivity index (χ0) is 17.8. The summed E-state index contributed by atoms with van der Waals surface area (Å²) in [5.74, 6) is -0.175. The monoisotopic (exact) mass is 371 g/mol. The molecular weight excluding hydrogens is 354 g/mol. The Kier molecular flexibility index (Phi) is 5.46. The third kappa shape index (κ3) is 4.24. The molecule has 1 aromatic carbocycles. The summed E-state index contributed by atoms with van der Waals surface area (Å²) in [5, 5.41) is 6.10. The van der Waals surface area contributed by atoms with Crippen LogP contribution in [0, 0.1) is 5.92 Å². The summed E-state index contributed by atoms with van der Waals surface area (Å²) in [6, 6.07) is 11.2. The molecule has 0 fully saturated rings. The first-order valence-electron chi connectivity index (χ1n) is 7.97. The van der Waals surface area contributed by atoms with Crippen molar-refractivity contribution < 1.29 is 4.79 Å². The fourth-order valence-electron chi connectivity index (χ4n) is 2.67. The molecule has 0 spiro atoms. The second-order valence-electron chi connectivity index (χ2n) is 6.04. The lowest BCUT2D eigenvalue weighted by Crippen LogP contribution is -2.25. The largest absolute Gasteiger partial charge is 0.301 e. The van der Waals surface area contributed by atoms with Gasteiger partial charge in [-0.1, -0.05) is 37.6 Å². The van der Waals surface area contributed by atoms with E-state index in [4.69, 9.17) is 11.6 Å². The van der Waals surface area contributed by atoms with Crippen LogP contribution >= 0.6 is 22.9 Å². The summed E-state index contributed by atoms with van der Waals surface area (Å²) in [6.45, 7) is 4.06. The minimum absolute atomic E-state index is 0.0654. The van der Waals surface area contributed by atoms with E-state index in [-0.39, 0.29) is 17.7 Å². The predicted octanol–water partition coefficient (Wildman–Crippen LogP) is 5.24. The van der Waals surface area contributed by atoms with Gasteiger partial charge in [-0.25, -0.2) is 4.98 Å². The molecule has 25 heavy (non-hydrogen) atoms. The van der Waals surface area contributed by atoms with Crippen molar-refractivity contribution in [3.63, 3.8) is 0 Å². The van der Waals surface area contributed by atoms with Gasteiger partial charge < -0.3 is 5.32 Å². The van der Waals surface area contributed by atoms with Gasteiger partial charge in [0.25, 0.3) is 0 Å². The standard InChI is InChI=1S/C19H18ClN3OS/c1-12(2)17(13-5-7-15(20)8-6-13)18(24)23-19-22-16(11-25-19)14-4-3-9-21-10-14/h3-12,17H,1-2H3,(H,22,23,24)/t17-/m1/s1. The van der Waals surface area contributed by atoms with Crippen molar-refractivity contribution in [3.05, 3.63) is 64.8 Å². The van der Waals surface area contributed by atoms with Crippen molar-refractivity contribution in [2.75, 3.05) is 5.32 Å². The van der Waals surface area contributed by atoms with Crippen molar-refractivity contribution in [1.82, 2.24) is 9.97 Å². The Morgan fingerprint density at radius 1 is 1.20 bits per heavy atom. The van der Waals surface area contributed by atoms with Gasteiger partial charge in [-0.2, -0.15) is 0 Å². The van der Waals surface area contributed by atoms with Crippen LogP contribution in [0.3, 0.4) is 0 Å². The Morgan fingerprint density at radius 2 is 1.96 bits per heavy atom. The molecule has 0 aliphatic heterocycles. The minimum atomic E-state index is -0.261. The first-order chi connectivity index (χ1) is 12.0. The number of benzene rings is 1. The quantitative estimate of drug-likeness (QED) is 0.667.